The number of anilines is 1. The number of benzene rings is 2. The Balaban J connectivity index is 1.37. The number of rotatable bonds is 5. The van der Waals surface area contributed by atoms with Crippen molar-refractivity contribution < 1.29 is 14.3 Å². The van der Waals surface area contributed by atoms with Crippen LogP contribution in [0, 0.1) is 0 Å². The molecular formula is C20H19N3O3S. The SMILES string of the molecule is CC1Oc2ccccc2N(CCC(=O)NCc2nc3ccccc3s2)C1=O. The van der Waals surface area contributed by atoms with Crippen molar-refractivity contribution >= 4 is 39.1 Å². The molecule has 3 aromatic rings. The lowest BCUT2D eigenvalue weighted by Crippen LogP contribution is -2.45. The molecule has 1 N–H and O–H groups in total. The second-order valence-corrected chi connectivity index (χ2v) is 7.43. The van der Waals surface area contributed by atoms with Crippen molar-refractivity contribution in [1.82, 2.24) is 10.3 Å². The van der Waals surface area contributed by atoms with Crippen LogP contribution >= 0.6 is 11.3 Å². The molecule has 2 heterocycles. The van der Waals surface area contributed by atoms with Crippen LogP contribution in [0.2, 0.25) is 0 Å². The number of nitrogens with one attached hydrogen (secondary N) is 1. The molecule has 0 aliphatic carbocycles. The van der Waals surface area contributed by atoms with E-state index >= 15 is 0 Å². The number of hydrogen-bond acceptors (Lipinski definition) is 5. The molecule has 0 bridgehead atoms. The zero-order chi connectivity index (χ0) is 18.8. The zero-order valence-corrected chi connectivity index (χ0v) is 15.7. The van der Waals surface area contributed by atoms with E-state index in [0.717, 1.165) is 15.2 Å². The Bertz CT molecular complexity index is 968. The fourth-order valence-electron chi connectivity index (χ4n) is 3.06. The minimum absolute atomic E-state index is 0.112. The monoisotopic (exact) mass is 381 g/mol. The summed E-state index contributed by atoms with van der Waals surface area (Å²) in [6, 6.07) is 15.3. The first-order chi connectivity index (χ1) is 13.1. The van der Waals surface area contributed by atoms with Crippen LogP contribution in [0.25, 0.3) is 10.2 Å². The number of thiazole rings is 1. The van der Waals surface area contributed by atoms with Crippen LogP contribution in [0.3, 0.4) is 0 Å². The topological polar surface area (TPSA) is 71.5 Å². The Morgan fingerprint density at radius 3 is 2.85 bits per heavy atom. The highest BCUT2D eigenvalue weighted by Gasteiger charge is 2.31. The third-order valence-electron chi connectivity index (χ3n) is 4.41. The number of fused-ring (bicyclic) bond motifs is 2. The molecule has 4 rings (SSSR count). The Morgan fingerprint density at radius 1 is 1.22 bits per heavy atom. The Hall–Kier alpha value is -2.93. The van der Waals surface area contributed by atoms with Gasteiger partial charge >= 0.3 is 0 Å². The lowest BCUT2D eigenvalue weighted by atomic mass is 10.1. The molecule has 6 nitrogen and oxygen atoms in total. The molecule has 1 aliphatic heterocycles. The van der Waals surface area contributed by atoms with E-state index in [1.807, 2.05) is 48.5 Å². The highest BCUT2D eigenvalue weighted by Crippen LogP contribution is 2.33. The first-order valence-electron chi connectivity index (χ1n) is 8.80. The summed E-state index contributed by atoms with van der Waals surface area (Å²) in [6.45, 7) is 2.43. The molecule has 1 aromatic heterocycles. The number of ether oxygens (including phenoxy) is 1. The lowest BCUT2D eigenvalue weighted by Gasteiger charge is -2.32. The van der Waals surface area contributed by atoms with Gasteiger partial charge in [-0.3, -0.25) is 9.59 Å². The van der Waals surface area contributed by atoms with Crippen molar-refractivity contribution in [1.29, 1.82) is 0 Å². The van der Waals surface area contributed by atoms with E-state index < -0.39 is 6.10 Å². The van der Waals surface area contributed by atoms with Gasteiger partial charge in [-0.15, -0.1) is 11.3 Å². The molecule has 27 heavy (non-hydrogen) atoms. The second kappa shape index (κ2) is 7.36. The molecule has 1 atom stereocenters. The molecule has 7 heteroatoms. The molecular weight excluding hydrogens is 362 g/mol. The van der Waals surface area contributed by atoms with Gasteiger partial charge in [0.05, 0.1) is 22.4 Å². The highest BCUT2D eigenvalue weighted by molar-refractivity contribution is 7.18. The maximum Gasteiger partial charge on any atom is 0.267 e. The maximum atomic E-state index is 12.4. The number of carbonyl (C=O) groups is 2. The second-order valence-electron chi connectivity index (χ2n) is 6.32. The normalized spacial score (nSPS) is 16.1. The Kier molecular flexibility index (Phi) is 4.77. The van der Waals surface area contributed by atoms with E-state index in [1.54, 1.807) is 23.2 Å². The van der Waals surface area contributed by atoms with Crippen molar-refractivity contribution in [2.24, 2.45) is 0 Å². The molecule has 138 valence electrons. The summed E-state index contributed by atoms with van der Waals surface area (Å²) >= 11 is 1.57. The number of para-hydroxylation sites is 3. The molecule has 0 fully saturated rings. The molecule has 0 radical (unpaired) electrons. The summed E-state index contributed by atoms with van der Waals surface area (Å²) in [5.74, 6) is 0.422. The van der Waals surface area contributed by atoms with Crippen molar-refractivity contribution in [2.45, 2.75) is 26.0 Å². The van der Waals surface area contributed by atoms with Gasteiger partial charge in [0, 0.05) is 13.0 Å². The fourth-order valence-corrected chi connectivity index (χ4v) is 3.97. The van der Waals surface area contributed by atoms with E-state index in [4.69, 9.17) is 4.74 Å². The number of aromatic nitrogens is 1. The smallest absolute Gasteiger partial charge is 0.267 e. The standard InChI is InChI=1S/C20H19N3O3S/c1-13-20(25)23(15-7-3-4-8-16(15)26-13)11-10-18(24)21-12-19-22-14-6-2-5-9-17(14)27-19/h2-9,13H,10-12H2,1H3,(H,21,24). The van der Waals surface area contributed by atoms with E-state index in [2.05, 4.69) is 10.3 Å². The molecule has 2 aromatic carbocycles. The number of hydrogen-bond donors (Lipinski definition) is 1. The van der Waals surface area contributed by atoms with Crippen LogP contribution in [0.1, 0.15) is 18.4 Å². The van der Waals surface area contributed by atoms with Gasteiger partial charge in [0.25, 0.3) is 5.91 Å². The number of nitrogens with zero attached hydrogens (tertiary/aromatic N) is 2. The highest BCUT2D eigenvalue weighted by atomic mass is 32.1. The van der Waals surface area contributed by atoms with Gasteiger partial charge in [0.15, 0.2) is 6.10 Å². The van der Waals surface area contributed by atoms with Gasteiger partial charge in [-0.25, -0.2) is 4.98 Å². The van der Waals surface area contributed by atoms with E-state index in [9.17, 15) is 9.59 Å². The predicted molar refractivity (Wildman–Crippen MR) is 105 cm³/mol. The molecule has 2 amide bonds. The van der Waals surface area contributed by atoms with Gasteiger partial charge < -0.3 is 15.0 Å². The van der Waals surface area contributed by atoms with Crippen molar-refractivity contribution in [3.8, 4) is 5.75 Å². The Morgan fingerprint density at radius 2 is 2.00 bits per heavy atom. The molecule has 1 aliphatic rings. The quantitative estimate of drug-likeness (QED) is 0.737. The summed E-state index contributed by atoms with van der Waals surface area (Å²) in [5, 5.41) is 3.76. The molecule has 0 spiro atoms. The summed E-state index contributed by atoms with van der Waals surface area (Å²) in [7, 11) is 0. The number of amides is 2. The zero-order valence-electron chi connectivity index (χ0n) is 14.8. The van der Waals surface area contributed by atoms with E-state index in [0.29, 0.717) is 24.5 Å². The van der Waals surface area contributed by atoms with Crippen LogP contribution in [0.15, 0.2) is 48.5 Å². The van der Waals surface area contributed by atoms with Crippen LogP contribution in [-0.4, -0.2) is 29.4 Å². The summed E-state index contributed by atoms with van der Waals surface area (Å²) in [5.41, 5.74) is 1.65. The average Bonchev–Trinajstić information content (AvgIpc) is 3.10. The lowest BCUT2D eigenvalue weighted by molar-refractivity contribution is -0.125. The van der Waals surface area contributed by atoms with Gasteiger partial charge in [0.1, 0.15) is 10.8 Å². The average molecular weight is 381 g/mol. The van der Waals surface area contributed by atoms with Gasteiger partial charge in [0.2, 0.25) is 5.91 Å². The summed E-state index contributed by atoms with van der Waals surface area (Å²) < 4.78 is 6.72. The van der Waals surface area contributed by atoms with Crippen molar-refractivity contribution in [3.63, 3.8) is 0 Å². The van der Waals surface area contributed by atoms with Crippen molar-refractivity contribution in [2.75, 3.05) is 11.4 Å². The predicted octanol–water partition coefficient (Wildman–Crippen LogP) is 3.12. The van der Waals surface area contributed by atoms with Crippen molar-refractivity contribution in [3.05, 3.63) is 53.5 Å². The Labute approximate surface area is 160 Å². The minimum Gasteiger partial charge on any atom is -0.479 e. The van der Waals surface area contributed by atoms with Crippen LogP contribution < -0.4 is 15.0 Å². The number of carbonyl (C=O) groups excluding carboxylic acids is 2. The van der Waals surface area contributed by atoms with Crippen LogP contribution in [-0.2, 0) is 16.1 Å². The summed E-state index contributed by atoms with van der Waals surface area (Å²) in [4.78, 5) is 30.8. The minimum atomic E-state index is -0.550. The van der Waals surface area contributed by atoms with Gasteiger partial charge in [-0.2, -0.15) is 0 Å². The van der Waals surface area contributed by atoms with Crippen LogP contribution in [0.4, 0.5) is 5.69 Å². The first kappa shape index (κ1) is 17.5. The first-order valence-corrected chi connectivity index (χ1v) is 9.61. The largest absolute Gasteiger partial charge is 0.479 e. The fraction of sp³-hybridized carbons (Fsp3) is 0.250. The van der Waals surface area contributed by atoms with Crippen LogP contribution in [0.5, 0.6) is 5.75 Å². The molecule has 0 saturated carbocycles. The van der Waals surface area contributed by atoms with E-state index in [-0.39, 0.29) is 18.2 Å². The third-order valence-corrected chi connectivity index (χ3v) is 5.45. The van der Waals surface area contributed by atoms with Gasteiger partial charge in [-0.05, 0) is 31.2 Å². The third kappa shape index (κ3) is 3.64. The maximum absolute atomic E-state index is 12.4. The molecule has 1 unspecified atom stereocenters. The molecule has 0 saturated heterocycles. The summed E-state index contributed by atoms with van der Waals surface area (Å²) in [6.07, 6.45) is -0.330. The van der Waals surface area contributed by atoms with Gasteiger partial charge in [-0.1, -0.05) is 24.3 Å². The van der Waals surface area contributed by atoms with E-state index in [1.165, 1.54) is 0 Å².